The molecule has 8 heteroatoms. The van der Waals surface area contributed by atoms with E-state index in [1.807, 2.05) is 0 Å². The van der Waals surface area contributed by atoms with Crippen molar-refractivity contribution in [3.8, 4) is 0 Å². The highest BCUT2D eigenvalue weighted by Gasteiger charge is 2.33. The second-order valence-corrected chi connectivity index (χ2v) is 4.04. The number of amides is 1. The van der Waals surface area contributed by atoms with E-state index >= 15 is 0 Å². The summed E-state index contributed by atoms with van der Waals surface area (Å²) in [6.45, 7) is -2.02. The minimum atomic E-state index is -4.49. The Morgan fingerprint density at radius 1 is 1.33 bits per heavy atom. The van der Waals surface area contributed by atoms with Crippen LogP contribution in [0.2, 0.25) is 0 Å². The summed E-state index contributed by atoms with van der Waals surface area (Å²) in [6.07, 6.45) is -2.84. The van der Waals surface area contributed by atoms with Gasteiger partial charge in [-0.1, -0.05) is 0 Å². The lowest BCUT2D eigenvalue weighted by Gasteiger charge is -2.32. The van der Waals surface area contributed by atoms with Crippen LogP contribution in [0, 0.1) is 0 Å². The maximum Gasteiger partial charge on any atom is 0.411 e. The van der Waals surface area contributed by atoms with Crippen molar-refractivity contribution in [2.45, 2.75) is 31.5 Å². The summed E-state index contributed by atoms with van der Waals surface area (Å²) in [6, 6.07) is -0.958. The van der Waals surface area contributed by atoms with Gasteiger partial charge >= 0.3 is 12.1 Å². The van der Waals surface area contributed by atoms with Gasteiger partial charge in [-0.15, -0.1) is 0 Å². The Morgan fingerprint density at radius 3 is 2.56 bits per heavy atom. The predicted octanol–water partition coefficient (Wildman–Crippen LogP) is 1.03. The number of ether oxygens (including phenoxy) is 1. The first-order valence-corrected chi connectivity index (χ1v) is 5.48. The Labute approximate surface area is 102 Å². The topological polar surface area (TPSA) is 66.8 Å². The average Bonchev–Trinajstić information content (AvgIpc) is 2.27. The van der Waals surface area contributed by atoms with Gasteiger partial charge in [0.1, 0.15) is 19.3 Å². The third-order valence-corrected chi connectivity index (χ3v) is 2.60. The summed E-state index contributed by atoms with van der Waals surface area (Å²) in [5.41, 5.74) is 0. The van der Waals surface area contributed by atoms with E-state index < -0.39 is 37.3 Å². The van der Waals surface area contributed by atoms with Crippen LogP contribution in [0.3, 0.4) is 0 Å². The van der Waals surface area contributed by atoms with Crippen molar-refractivity contribution in [3.63, 3.8) is 0 Å². The van der Waals surface area contributed by atoms with Gasteiger partial charge in [0.15, 0.2) is 0 Å². The van der Waals surface area contributed by atoms with E-state index in [4.69, 9.17) is 5.11 Å². The molecule has 1 unspecified atom stereocenters. The SMILES string of the molecule is O=C(O)C1CCCCN1C(=O)COCC(F)(F)F. The molecule has 1 N–H and O–H groups in total. The highest BCUT2D eigenvalue weighted by Crippen LogP contribution is 2.18. The van der Waals surface area contributed by atoms with Crippen molar-refractivity contribution in [2.75, 3.05) is 19.8 Å². The summed E-state index contributed by atoms with van der Waals surface area (Å²) in [5, 5.41) is 8.90. The van der Waals surface area contributed by atoms with Crippen molar-refractivity contribution in [1.29, 1.82) is 0 Å². The third-order valence-electron chi connectivity index (χ3n) is 2.60. The van der Waals surface area contributed by atoms with Crippen molar-refractivity contribution in [3.05, 3.63) is 0 Å². The molecular weight excluding hydrogens is 255 g/mol. The van der Waals surface area contributed by atoms with Crippen molar-refractivity contribution in [2.24, 2.45) is 0 Å². The van der Waals surface area contributed by atoms with Crippen LogP contribution < -0.4 is 0 Å². The van der Waals surface area contributed by atoms with E-state index in [1.165, 1.54) is 0 Å². The number of carbonyl (C=O) groups is 2. The van der Waals surface area contributed by atoms with Gasteiger partial charge in [-0.2, -0.15) is 13.2 Å². The zero-order valence-electron chi connectivity index (χ0n) is 9.57. The summed E-state index contributed by atoms with van der Waals surface area (Å²) in [5.74, 6) is -1.86. The van der Waals surface area contributed by atoms with E-state index in [0.717, 1.165) is 4.90 Å². The lowest BCUT2D eigenvalue weighted by atomic mass is 10.0. The number of halogens is 3. The lowest BCUT2D eigenvalue weighted by molar-refractivity contribution is -0.179. The Hall–Kier alpha value is -1.31. The van der Waals surface area contributed by atoms with E-state index in [9.17, 15) is 22.8 Å². The molecule has 0 aromatic heterocycles. The fraction of sp³-hybridized carbons (Fsp3) is 0.800. The Bertz CT molecular complexity index is 319. The largest absolute Gasteiger partial charge is 0.480 e. The normalized spacial score (nSPS) is 20.8. The lowest BCUT2D eigenvalue weighted by Crippen LogP contribution is -2.49. The van der Waals surface area contributed by atoms with Gasteiger partial charge in [-0.25, -0.2) is 4.79 Å². The second-order valence-electron chi connectivity index (χ2n) is 4.04. The molecule has 1 amide bonds. The number of rotatable bonds is 4. The van der Waals surface area contributed by atoms with Crippen LogP contribution in [-0.4, -0.2) is 53.9 Å². The fourth-order valence-electron chi connectivity index (χ4n) is 1.82. The highest BCUT2D eigenvalue weighted by molar-refractivity contribution is 5.84. The molecule has 1 fully saturated rings. The molecule has 1 rings (SSSR count). The van der Waals surface area contributed by atoms with Gasteiger partial charge in [0.05, 0.1) is 0 Å². The highest BCUT2D eigenvalue weighted by atomic mass is 19.4. The summed E-state index contributed by atoms with van der Waals surface area (Å²) < 4.78 is 39.7. The van der Waals surface area contributed by atoms with E-state index in [2.05, 4.69) is 4.74 Å². The minimum Gasteiger partial charge on any atom is -0.480 e. The third kappa shape index (κ3) is 4.52. The zero-order chi connectivity index (χ0) is 13.8. The first-order valence-electron chi connectivity index (χ1n) is 5.48. The van der Waals surface area contributed by atoms with Crippen LogP contribution >= 0.6 is 0 Å². The molecule has 1 aliphatic rings. The van der Waals surface area contributed by atoms with Crippen molar-refractivity contribution >= 4 is 11.9 Å². The number of alkyl halides is 3. The molecule has 104 valence electrons. The number of likely N-dealkylation sites (tertiary alicyclic amines) is 1. The zero-order valence-corrected chi connectivity index (χ0v) is 9.57. The fourth-order valence-corrected chi connectivity index (χ4v) is 1.82. The quantitative estimate of drug-likeness (QED) is 0.827. The standard InChI is InChI=1S/C10H14F3NO4/c11-10(12,13)6-18-5-8(15)14-4-2-1-3-7(14)9(16)17/h7H,1-6H2,(H,16,17). The van der Waals surface area contributed by atoms with Crippen LogP contribution in [0.5, 0.6) is 0 Å². The molecular formula is C10H14F3NO4. The molecule has 0 aliphatic carbocycles. The van der Waals surface area contributed by atoms with Crippen LogP contribution in [0.1, 0.15) is 19.3 Å². The monoisotopic (exact) mass is 269 g/mol. The van der Waals surface area contributed by atoms with Crippen LogP contribution in [0.4, 0.5) is 13.2 Å². The number of carbonyl (C=O) groups excluding carboxylic acids is 1. The minimum absolute atomic E-state index is 0.241. The molecule has 1 atom stereocenters. The summed E-state index contributed by atoms with van der Waals surface area (Å²) in [4.78, 5) is 23.5. The van der Waals surface area contributed by atoms with Crippen LogP contribution in [0.15, 0.2) is 0 Å². The Morgan fingerprint density at radius 2 is 2.00 bits per heavy atom. The number of nitrogens with zero attached hydrogens (tertiary/aromatic N) is 1. The number of carboxylic acids is 1. The second kappa shape index (κ2) is 6.03. The number of hydrogen-bond donors (Lipinski definition) is 1. The maximum atomic E-state index is 11.8. The van der Waals surface area contributed by atoms with E-state index in [-0.39, 0.29) is 6.54 Å². The molecule has 5 nitrogen and oxygen atoms in total. The van der Waals surface area contributed by atoms with Gasteiger partial charge in [0, 0.05) is 6.54 Å². The molecule has 0 radical (unpaired) electrons. The first kappa shape index (κ1) is 14.7. The molecule has 0 bridgehead atoms. The van der Waals surface area contributed by atoms with Gasteiger partial charge in [-0.3, -0.25) is 4.79 Å². The van der Waals surface area contributed by atoms with Gasteiger partial charge in [0.25, 0.3) is 0 Å². The molecule has 0 aromatic rings. The number of aliphatic carboxylic acids is 1. The van der Waals surface area contributed by atoms with Crippen LogP contribution in [-0.2, 0) is 14.3 Å². The van der Waals surface area contributed by atoms with Gasteiger partial charge in [0.2, 0.25) is 5.91 Å². The smallest absolute Gasteiger partial charge is 0.411 e. The Balaban J connectivity index is 2.46. The van der Waals surface area contributed by atoms with Gasteiger partial charge in [-0.05, 0) is 19.3 Å². The molecule has 0 spiro atoms. The van der Waals surface area contributed by atoms with E-state index in [0.29, 0.717) is 19.3 Å². The molecule has 0 aromatic carbocycles. The molecule has 1 aliphatic heterocycles. The first-order chi connectivity index (χ1) is 8.31. The summed E-state index contributed by atoms with van der Waals surface area (Å²) >= 11 is 0. The Kier molecular flexibility index (Phi) is 4.94. The van der Waals surface area contributed by atoms with E-state index in [1.54, 1.807) is 0 Å². The maximum absolute atomic E-state index is 11.8. The number of carboxylic acid groups (broad SMARTS) is 1. The molecule has 0 saturated carbocycles. The number of hydrogen-bond acceptors (Lipinski definition) is 3. The number of piperidine rings is 1. The summed E-state index contributed by atoms with van der Waals surface area (Å²) in [7, 11) is 0. The van der Waals surface area contributed by atoms with Crippen LogP contribution in [0.25, 0.3) is 0 Å². The molecule has 1 heterocycles. The molecule has 1 saturated heterocycles. The van der Waals surface area contributed by atoms with Crippen molar-refractivity contribution in [1.82, 2.24) is 4.90 Å². The van der Waals surface area contributed by atoms with Gasteiger partial charge < -0.3 is 14.7 Å². The predicted molar refractivity (Wildman–Crippen MR) is 53.9 cm³/mol. The average molecular weight is 269 g/mol. The van der Waals surface area contributed by atoms with Crippen molar-refractivity contribution < 1.29 is 32.6 Å². The molecule has 18 heavy (non-hydrogen) atoms.